The van der Waals surface area contributed by atoms with Crippen molar-refractivity contribution in [3.05, 3.63) is 0 Å². The lowest BCUT2D eigenvalue weighted by molar-refractivity contribution is 0.0164. The van der Waals surface area contributed by atoms with Gasteiger partial charge in [-0.15, -0.1) is 0 Å². The van der Waals surface area contributed by atoms with Crippen LogP contribution in [0.15, 0.2) is 0 Å². The third-order valence-corrected chi connectivity index (χ3v) is 1.93. The van der Waals surface area contributed by atoms with Gasteiger partial charge >= 0.3 is 6.09 Å². The zero-order valence-corrected chi connectivity index (χ0v) is 9.04. The van der Waals surface area contributed by atoms with Crippen LogP contribution in [-0.2, 0) is 4.74 Å². The number of rotatable bonds is 0. The van der Waals surface area contributed by atoms with E-state index in [2.05, 4.69) is 0 Å². The minimum absolute atomic E-state index is 0.357. The molecular weight excluding hydrogens is 180 g/mol. The lowest BCUT2D eigenvalue weighted by atomic mass is 10.2. The van der Waals surface area contributed by atoms with E-state index in [-0.39, 0.29) is 6.09 Å². The van der Waals surface area contributed by atoms with E-state index in [0.717, 1.165) is 0 Å². The number of amides is 1. The molecule has 1 heterocycles. The fraction of sp³-hybridized carbons (Fsp3) is 0.900. The number of piperazine rings is 1. The molecule has 1 fully saturated rings. The molecule has 1 aliphatic heterocycles. The molecule has 1 amide bonds. The van der Waals surface area contributed by atoms with Gasteiger partial charge in [-0.2, -0.15) is 0 Å². The Morgan fingerprint density at radius 2 is 1.86 bits per heavy atom. The van der Waals surface area contributed by atoms with Crippen LogP contribution in [0.1, 0.15) is 24.9 Å². The number of likely N-dealkylation sites (N-methyl/N-ethyl adjacent to an activating group) is 1. The molecule has 1 aliphatic rings. The van der Waals surface area contributed by atoms with E-state index in [1.54, 1.807) is 4.90 Å². The summed E-state index contributed by atoms with van der Waals surface area (Å²) in [7, 11) is 0. The van der Waals surface area contributed by atoms with Crippen molar-refractivity contribution in [3.63, 3.8) is 0 Å². The van der Waals surface area contributed by atoms with Gasteiger partial charge in [-0.1, -0.05) is 0 Å². The van der Waals surface area contributed by atoms with Crippen molar-refractivity contribution in [2.45, 2.75) is 26.4 Å². The predicted molar refractivity (Wildman–Crippen MR) is 55.3 cm³/mol. The van der Waals surface area contributed by atoms with Crippen molar-refractivity contribution < 1.29 is 13.6 Å². The Balaban J connectivity index is 2.45. The van der Waals surface area contributed by atoms with Crippen molar-refractivity contribution in [2.24, 2.45) is 0 Å². The predicted octanol–water partition coefficient (Wildman–Crippen LogP) is 1.17. The van der Waals surface area contributed by atoms with Crippen LogP contribution in [0.2, 0.25) is 0 Å². The highest BCUT2D eigenvalue weighted by Crippen LogP contribution is 2.11. The topological polar surface area (TPSA) is 32.8 Å². The molecule has 1 rings (SSSR count). The van der Waals surface area contributed by atoms with Crippen LogP contribution in [0, 0.1) is 0 Å². The van der Waals surface area contributed by atoms with E-state index in [1.807, 2.05) is 20.8 Å². The summed E-state index contributed by atoms with van der Waals surface area (Å²) in [4.78, 5) is 14.7. The van der Waals surface area contributed by atoms with Gasteiger partial charge in [0.2, 0.25) is 0 Å². The smallest absolute Gasteiger partial charge is 0.410 e. The van der Waals surface area contributed by atoms with Crippen molar-refractivity contribution >= 4 is 6.09 Å². The molecule has 0 aliphatic carbocycles. The van der Waals surface area contributed by atoms with E-state index >= 15 is 0 Å². The lowest BCUT2D eigenvalue weighted by Gasteiger charge is -2.33. The van der Waals surface area contributed by atoms with E-state index in [0.29, 0.717) is 26.2 Å². The molecule has 0 atom stereocenters. The summed E-state index contributed by atoms with van der Waals surface area (Å²) < 4.78 is 27.0. The molecule has 0 saturated carbocycles. The molecule has 4 heteroatoms. The molecule has 0 radical (unpaired) electrons. The first-order valence-electron chi connectivity index (χ1n) is 6.32. The van der Waals surface area contributed by atoms with Gasteiger partial charge in [0, 0.05) is 30.3 Å². The summed E-state index contributed by atoms with van der Waals surface area (Å²) >= 11 is 0. The van der Waals surface area contributed by atoms with Gasteiger partial charge in [0.25, 0.3) is 0 Å². The minimum atomic E-state index is -2.07. The Hall–Kier alpha value is -0.770. The highest BCUT2D eigenvalue weighted by atomic mass is 16.6. The van der Waals surface area contributed by atoms with E-state index in [4.69, 9.17) is 8.85 Å². The first-order chi connectivity index (χ1) is 7.59. The third kappa shape index (κ3) is 3.54. The normalized spacial score (nSPS) is 23.6. The van der Waals surface area contributed by atoms with Gasteiger partial charge in [0.05, 0.1) is 0 Å². The Morgan fingerprint density at radius 3 is 2.29 bits per heavy atom. The van der Waals surface area contributed by atoms with Gasteiger partial charge in [-0.3, -0.25) is 0 Å². The summed E-state index contributed by atoms with van der Waals surface area (Å²) in [6, 6.07) is 0. The molecule has 0 aromatic heterocycles. The summed E-state index contributed by atoms with van der Waals surface area (Å²) in [5, 5.41) is 0. The van der Waals surface area contributed by atoms with Gasteiger partial charge in [-0.05, 0) is 27.7 Å². The average molecular weight is 203 g/mol. The van der Waals surface area contributed by atoms with E-state index < -0.39 is 12.6 Å². The van der Waals surface area contributed by atoms with Crippen LogP contribution < -0.4 is 0 Å². The lowest BCUT2D eigenvalue weighted by Crippen LogP contribution is -2.48. The molecule has 0 aromatic carbocycles. The molecule has 82 valence electrons. The first-order valence-corrected chi connectivity index (χ1v) is 4.82. The maximum atomic E-state index is 11.7. The number of nitrogens with zero attached hydrogens (tertiary/aromatic N) is 2. The molecule has 0 unspecified atom stereocenters. The van der Waals surface area contributed by atoms with Crippen LogP contribution in [0.3, 0.4) is 0 Å². The highest BCUT2D eigenvalue weighted by molar-refractivity contribution is 5.68. The van der Waals surface area contributed by atoms with Crippen molar-refractivity contribution in [1.29, 1.82) is 0 Å². The first kappa shape index (κ1) is 7.51. The molecule has 0 bridgehead atoms. The van der Waals surface area contributed by atoms with Crippen LogP contribution >= 0.6 is 0 Å². The van der Waals surface area contributed by atoms with Gasteiger partial charge < -0.3 is 14.5 Å². The van der Waals surface area contributed by atoms with Gasteiger partial charge in [0.1, 0.15) is 5.60 Å². The number of carbonyl (C=O) groups excluding carboxylic acids is 1. The summed E-state index contributed by atoms with van der Waals surface area (Å²) in [5.74, 6) is 0. The second-order valence-corrected chi connectivity index (χ2v) is 4.45. The Bertz CT molecular complexity index is 278. The Labute approximate surface area is 90.0 Å². The zero-order chi connectivity index (χ0) is 13.3. The molecule has 0 N–H and O–H groups in total. The van der Waals surface area contributed by atoms with Crippen LogP contribution in [0.5, 0.6) is 0 Å². The maximum absolute atomic E-state index is 11.7. The number of ether oxygens (including phenoxy) is 1. The SMILES string of the molecule is [2H]C([2H])([2H])N1CCN(C(=O)OC(C)(C)C)CC1. The molecule has 1 saturated heterocycles. The van der Waals surface area contributed by atoms with Crippen molar-refractivity contribution in [1.82, 2.24) is 9.80 Å². The Morgan fingerprint density at radius 1 is 1.29 bits per heavy atom. The van der Waals surface area contributed by atoms with E-state index in [9.17, 15) is 4.79 Å². The largest absolute Gasteiger partial charge is 0.444 e. The summed E-state index contributed by atoms with van der Waals surface area (Å²) in [6.45, 7) is 4.86. The van der Waals surface area contributed by atoms with Crippen LogP contribution in [0.4, 0.5) is 4.79 Å². The molecule has 0 spiro atoms. The Kier molecular flexibility index (Phi) is 2.24. The van der Waals surface area contributed by atoms with Gasteiger partial charge in [-0.25, -0.2) is 4.79 Å². The fourth-order valence-electron chi connectivity index (χ4n) is 1.22. The van der Waals surface area contributed by atoms with Crippen LogP contribution in [-0.4, -0.2) is 54.6 Å². The second-order valence-electron chi connectivity index (χ2n) is 4.45. The molecule has 0 aromatic rings. The van der Waals surface area contributed by atoms with Gasteiger partial charge in [0.15, 0.2) is 0 Å². The van der Waals surface area contributed by atoms with Crippen LogP contribution in [0.25, 0.3) is 0 Å². The second kappa shape index (κ2) is 4.17. The number of carbonyl (C=O) groups is 1. The standard InChI is InChI=1S/C10H20N2O2/c1-10(2,3)14-9(13)12-7-5-11(4)6-8-12/h5-8H2,1-4H3/i4D3. The fourth-order valence-corrected chi connectivity index (χ4v) is 1.22. The highest BCUT2D eigenvalue weighted by Gasteiger charge is 2.24. The number of hydrogen-bond donors (Lipinski definition) is 0. The van der Waals surface area contributed by atoms with E-state index in [1.165, 1.54) is 4.90 Å². The molecule has 14 heavy (non-hydrogen) atoms. The minimum Gasteiger partial charge on any atom is -0.444 e. The number of hydrogen-bond acceptors (Lipinski definition) is 3. The third-order valence-electron chi connectivity index (χ3n) is 1.93. The maximum Gasteiger partial charge on any atom is 0.410 e. The molecular formula is C10H20N2O2. The zero-order valence-electron chi connectivity index (χ0n) is 12.0. The van der Waals surface area contributed by atoms with Crippen molar-refractivity contribution in [3.8, 4) is 0 Å². The van der Waals surface area contributed by atoms with Crippen molar-refractivity contribution in [2.75, 3.05) is 33.2 Å². The summed E-state index contributed by atoms with van der Waals surface area (Å²) in [5.41, 5.74) is -0.516. The average Bonchev–Trinajstić information content (AvgIpc) is 2.14. The molecule has 4 nitrogen and oxygen atoms in total. The quantitative estimate of drug-likeness (QED) is 0.592. The summed E-state index contributed by atoms with van der Waals surface area (Å²) in [6.07, 6.45) is -0.373. The monoisotopic (exact) mass is 203 g/mol.